The fraction of sp³-hybridized carbons (Fsp3) is 0.300. The SMILES string of the molecule is COC(=O)C(NC(=O)c1ccnc(CC(=O)c2ccccc2)c1)C(C)C. The lowest BCUT2D eigenvalue weighted by Gasteiger charge is -2.19. The Kier molecular flexibility index (Phi) is 6.60. The van der Waals surface area contributed by atoms with Crippen LogP contribution in [0.3, 0.4) is 0 Å². The highest BCUT2D eigenvalue weighted by molar-refractivity contribution is 5.99. The van der Waals surface area contributed by atoms with Crippen molar-refractivity contribution in [3.8, 4) is 0 Å². The maximum atomic E-state index is 12.5. The zero-order valence-electron chi connectivity index (χ0n) is 15.1. The summed E-state index contributed by atoms with van der Waals surface area (Å²) in [5.74, 6) is -1.11. The Bertz CT molecular complexity index is 787. The first kappa shape index (κ1) is 19.3. The van der Waals surface area contributed by atoms with Crippen molar-refractivity contribution in [3.05, 3.63) is 65.5 Å². The maximum Gasteiger partial charge on any atom is 0.328 e. The number of benzene rings is 1. The third kappa shape index (κ3) is 4.99. The van der Waals surface area contributed by atoms with Crippen molar-refractivity contribution < 1.29 is 19.1 Å². The number of nitrogens with one attached hydrogen (secondary N) is 1. The molecular formula is C20H22N2O4. The first-order valence-corrected chi connectivity index (χ1v) is 8.34. The molecule has 1 aromatic heterocycles. The van der Waals surface area contributed by atoms with Gasteiger partial charge in [0.2, 0.25) is 0 Å². The van der Waals surface area contributed by atoms with Crippen LogP contribution in [0.4, 0.5) is 0 Å². The minimum Gasteiger partial charge on any atom is -0.467 e. The van der Waals surface area contributed by atoms with Gasteiger partial charge in [0.05, 0.1) is 13.5 Å². The number of ketones is 1. The number of esters is 1. The zero-order chi connectivity index (χ0) is 19.1. The minimum absolute atomic E-state index is 0.0784. The molecule has 1 heterocycles. The molecule has 1 amide bonds. The Morgan fingerprint density at radius 1 is 1.08 bits per heavy atom. The van der Waals surface area contributed by atoms with E-state index in [2.05, 4.69) is 10.3 Å². The second-order valence-corrected chi connectivity index (χ2v) is 6.22. The van der Waals surface area contributed by atoms with Crippen LogP contribution in [0.1, 0.15) is 40.3 Å². The van der Waals surface area contributed by atoms with E-state index in [1.807, 2.05) is 19.9 Å². The monoisotopic (exact) mass is 354 g/mol. The van der Waals surface area contributed by atoms with Gasteiger partial charge in [0.25, 0.3) is 5.91 Å². The second kappa shape index (κ2) is 8.89. The Balaban J connectivity index is 2.11. The lowest BCUT2D eigenvalue weighted by molar-refractivity contribution is -0.144. The quantitative estimate of drug-likeness (QED) is 0.610. The Morgan fingerprint density at radius 3 is 2.38 bits per heavy atom. The average Bonchev–Trinajstić information content (AvgIpc) is 2.66. The summed E-state index contributed by atoms with van der Waals surface area (Å²) < 4.78 is 4.73. The number of rotatable bonds is 7. The number of methoxy groups -OCH3 is 1. The van der Waals surface area contributed by atoms with Crippen molar-refractivity contribution in [2.24, 2.45) is 5.92 Å². The van der Waals surface area contributed by atoms with E-state index in [9.17, 15) is 14.4 Å². The van der Waals surface area contributed by atoms with Crippen molar-refractivity contribution in [1.82, 2.24) is 10.3 Å². The van der Waals surface area contributed by atoms with E-state index in [0.717, 1.165) is 0 Å². The Hall–Kier alpha value is -3.02. The first-order chi connectivity index (χ1) is 12.4. The lowest BCUT2D eigenvalue weighted by atomic mass is 10.0. The van der Waals surface area contributed by atoms with Gasteiger partial charge >= 0.3 is 5.97 Å². The molecule has 0 saturated heterocycles. The molecule has 136 valence electrons. The molecule has 1 unspecified atom stereocenters. The van der Waals surface area contributed by atoms with E-state index in [4.69, 9.17) is 4.74 Å². The summed E-state index contributed by atoms with van der Waals surface area (Å²) >= 11 is 0. The molecule has 0 aliphatic carbocycles. The van der Waals surface area contributed by atoms with E-state index in [0.29, 0.717) is 16.8 Å². The molecule has 0 spiro atoms. The van der Waals surface area contributed by atoms with Crippen LogP contribution in [-0.2, 0) is 16.0 Å². The molecular weight excluding hydrogens is 332 g/mol. The predicted octanol–water partition coefficient (Wildman–Crippen LogP) is 2.43. The number of carbonyl (C=O) groups is 3. The van der Waals surface area contributed by atoms with Gasteiger partial charge in [0.15, 0.2) is 5.78 Å². The van der Waals surface area contributed by atoms with Gasteiger partial charge < -0.3 is 10.1 Å². The van der Waals surface area contributed by atoms with Crippen LogP contribution >= 0.6 is 0 Å². The average molecular weight is 354 g/mol. The molecule has 0 aliphatic heterocycles. The number of ether oxygens (including phenoxy) is 1. The van der Waals surface area contributed by atoms with Crippen LogP contribution in [-0.4, -0.2) is 35.8 Å². The molecule has 1 N–H and O–H groups in total. The second-order valence-electron chi connectivity index (χ2n) is 6.22. The highest BCUT2D eigenvalue weighted by Gasteiger charge is 2.25. The summed E-state index contributed by atoms with van der Waals surface area (Å²) in [6.45, 7) is 3.64. The number of hydrogen-bond acceptors (Lipinski definition) is 5. The normalized spacial score (nSPS) is 11.7. The van der Waals surface area contributed by atoms with Gasteiger partial charge in [-0.15, -0.1) is 0 Å². The van der Waals surface area contributed by atoms with Crippen LogP contribution in [0.2, 0.25) is 0 Å². The molecule has 6 heteroatoms. The summed E-state index contributed by atoms with van der Waals surface area (Å²) in [5, 5.41) is 2.67. The van der Waals surface area contributed by atoms with Gasteiger partial charge in [-0.05, 0) is 18.1 Å². The summed E-state index contributed by atoms with van der Waals surface area (Å²) in [6.07, 6.45) is 1.57. The fourth-order valence-corrected chi connectivity index (χ4v) is 2.46. The number of hydrogen-bond donors (Lipinski definition) is 1. The van der Waals surface area contributed by atoms with E-state index in [1.165, 1.54) is 13.3 Å². The number of nitrogens with zero attached hydrogens (tertiary/aromatic N) is 1. The summed E-state index contributed by atoms with van der Waals surface area (Å²) in [7, 11) is 1.28. The molecule has 6 nitrogen and oxygen atoms in total. The number of carbonyl (C=O) groups excluding carboxylic acids is 3. The zero-order valence-corrected chi connectivity index (χ0v) is 15.1. The molecule has 0 bridgehead atoms. The summed E-state index contributed by atoms with van der Waals surface area (Å²) in [6, 6.07) is 11.3. The van der Waals surface area contributed by atoms with Crippen molar-refractivity contribution in [2.75, 3.05) is 7.11 Å². The van der Waals surface area contributed by atoms with E-state index in [1.54, 1.807) is 36.4 Å². The highest BCUT2D eigenvalue weighted by Crippen LogP contribution is 2.10. The molecule has 1 aromatic carbocycles. The van der Waals surface area contributed by atoms with Crippen molar-refractivity contribution in [3.63, 3.8) is 0 Å². The molecule has 0 radical (unpaired) electrons. The third-order valence-corrected chi connectivity index (χ3v) is 3.92. The van der Waals surface area contributed by atoms with Crippen LogP contribution in [0.25, 0.3) is 0 Å². The number of amides is 1. The Labute approximate surface area is 152 Å². The van der Waals surface area contributed by atoms with Gasteiger partial charge in [-0.2, -0.15) is 0 Å². The Morgan fingerprint density at radius 2 is 1.77 bits per heavy atom. The number of aromatic nitrogens is 1. The molecule has 0 fully saturated rings. The summed E-state index contributed by atoms with van der Waals surface area (Å²) in [5.41, 5.74) is 1.42. The molecule has 0 saturated carbocycles. The van der Waals surface area contributed by atoms with E-state index >= 15 is 0 Å². The number of Topliss-reactive ketones (excluding diaryl/α,β-unsaturated/α-hetero) is 1. The third-order valence-electron chi connectivity index (χ3n) is 3.92. The first-order valence-electron chi connectivity index (χ1n) is 8.34. The van der Waals surface area contributed by atoms with Crippen molar-refractivity contribution in [2.45, 2.75) is 26.3 Å². The highest BCUT2D eigenvalue weighted by atomic mass is 16.5. The minimum atomic E-state index is -0.741. The number of pyridine rings is 1. The molecule has 2 rings (SSSR count). The van der Waals surface area contributed by atoms with Crippen molar-refractivity contribution in [1.29, 1.82) is 0 Å². The standard InChI is InChI=1S/C20H22N2O4/c1-13(2)18(20(25)26-3)22-19(24)15-9-10-21-16(11-15)12-17(23)14-7-5-4-6-8-14/h4-11,13,18H,12H2,1-3H3,(H,22,24). The summed E-state index contributed by atoms with van der Waals surface area (Å²) in [4.78, 5) is 40.7. The molecule has 0 aliphatic rings. The predicted molar refractivity (Wildman–Crippen MR) is 96.8 cm³/mol. The van der Waals surface area contributed by atoms with Crippen LogP contribution in [0, 0.1) is 5.92 Å². The van der Waals surface area contributed by atoms with Gasteiger partial charge in [-0.3, -0.25) is 14.6 Å². The van der Waals surface area contributed by atoms with Gasteiger partial charge in [0.1, 0.15) is 6.04 Å². The van der Waals surface area contributed by atoms with Crippen LogP contribution in [0.5, 0.6) is 0 Å². The lowest BCUT2D eigenvalue weighted by Crippen LogP contribution is -2.45. The smallest absolute Gasteiger partial charge is 0.328 e. The van der Waals surface area contributed by atoms with E-state index in [-0.39, 0.29) is 18.1 Å². The van der Waals surface area contributed by atoms with Gasteiger partial charge in [0, 0.05) is 23.0 Å². The van der Waals surface area contributed by atoms with Crippen LogP contribution in [0.15, 0.2) is 48.7 Å². The fourth-order valence-electron chi connectivity index (χ4n) is 2.46. The van der Waals surface area contributed by atoms with Crippen LogP contribution < -0.4 is 5.32 Å². The van der Waals surface area contributed by atoms with E-state index < -0.39 is 17.9 Å². The largest absolute Gasteiger partial charge is 0.467 e. The van der Waals surface area contributed by atoms with Gasteiger partial charge in [-0.1, -0.05) is 44.2 Å². The maximum absolute atomic E-state index is 12.5. The topological polar surface area (TPSA) is 85.4 Å². The molecule has 2 aromatic rings. The van der Waals surface area contributed by atoms with Gasteiger partial charge in [-0.25, -0.2) is 4.79 Å². The molecule has 26 heavy (non-hydrogen) atoms. The molecule has 1 atom stereocenters. The van der Waals surface area contributed by atoms with Crippen molar-refractivity contribution >= 4 is 17.7 Å².